The Hall–Kier alpha value is -2.24. The van der Waals surface area contributed by atoms with Crippen LogP contribution in [-0.4, -0.2) is 55.6 Å². The molecule has 1 fully saturated rings. The molecule has 0 radical (unpaired) electrons. The number of rotatable bonds is 8. The fourth-order valence-corrected chi connectivity index (χ4v) is 3.10. The zero-order valence-corrected chi connectivity index (χ0v) is 16.3. The maximum atomic E-state index is 11.8. The predicted octanol–water partition coefficient (Wildman–Crippen LogP) is 2.19. The topological polar surface area (TPSA) is 66.0 Å². The number of likely N-dealkylation sites (tertiary alicyclic amines) is 1. The van der Waals surface area contributed by atoms with Crippen LogP contribution in [0, 0.1) is 0 Å². The Morgan fingerprint density at radius 2 is 2.19 bits per heavy atom. The average molecular weight is 361 g/mol. The molecule has 1 atom stereocenters. The van der Waals surface area contributed by atoms with E-state index in [0.717, 1.165) is 44.2 Å². The molecule has 1 aromatic rings. The van der Waals surface area contributed by atoms with Crippen LogP contribution in [0.3, 0.4) is 0 Å². The van der Waals surface area contributed by atoms with E-state index in [1.165, 1.54) is 5.56 Å². The number of guanidine groups is 1. The van der Waals surface area contributed by atoms with E-state index in [2.05, 4.69) is 34.7 Å². The van der Waals surface area contributed by atoms with Crippen molar-refractivity contribution < 1.29 is 9.53 Å². The molecule has 0 bridgehead atoms. The zero-order valence-electron chi connectivity index (χ0n) is 16.3. The standard InChI is InChI=1S/C20H32N4O2/c1-4-19(25)24-13-11-17(15-24)23-20(21-5-2)22-12-10-16-8-7-9-18(14-16)26-6-3/h7-9,14,17H,4-6,10-13,15H2,1-3H3,(H2,21,22,23). The first-order chi connectivity index (χ1) is 12.7. The van der Waals surface area contributed by atoms with E-state index in [9.17, 15) is 4.79 Å². The lowest BCUT2D eigenvalue weighted by molar-refractivity contribution is -0.129. The average Bonchev–Trinajstić information content (AvgIpc) is 3.10. The van der Waals surface area contributed by atoms with Gasteiger partial charge in [0.05, 0.1) is 6.61 Å². The number of aliphatic imine (C=N–C) groups is 1. The largest absolute Gasteiger partial charge is 0.494 e. The van der Waals surface area contributed by atoms with Crippen LogP contribution in [0.15, 0.2) is 29.3 Å². The molecular formula is C20H32N4O2. The summed E-state index contributed by atoms with van der Waals surface area (Å²) in [6, 6.07) is 8.44. The van der Waals surface area contributed by atoms with E-state index in [0.29, 0.717) is 19.6 Å². The van der Waals surface area contributed by atoms with Crippen LogP contribution in [0.4, 0.5) is 0 Å². The minimum absolute atomic E-state index is 0.227. The first kappa shape index (κ1) is 20.1. The van der Waals surface area contributed by atoms with Crippen LogP contribution >= 0.6 is 0 Å². The molecule has 1 amide bonds. The molecule has 1 aliphatic rings. The molecule has 144 valence electrons. The molecule has 0 aliphatic carbocycles. The van der Waals surface area contributed by atoms with E-state index in [-0.39, 0.29) is 11.9 Å². The minimum atomic E-state index is 0.227. The summed E-state index contributed by atoms with van der Waals surface area (Å²) in [5, 5.41) is 6.76. The molecule has 1 aromatic carbocycles. The van der Waals surface area contributed by atoms with Crippen LogP contribution < -0.4 is 15.4 Å². The van der Waals surface area contributed by atoms with E-state index in [1.807, 2.05) is 30.9 Å². The molecule has 1 heterocycles. The van der Waals surface area contributed by atoms with Crippen LogP contribution in [0.5, 0.6) is 5.75 Å². The van der Waals surface area contributed by atoms with Crippen molar-refractivity contribution >= 4 is 11.9 Å². The number of carbonyl (C=O) groups is 1. The Labute approximate surface area is 157 Å². The SMILES string of the molecule is CCNC(=NCCc1cccc(OCC)c1)NC1CCN(C(=O)CC)C1. The molecule has 1 aliphatic heterocycles. The molecule has 0 spiro atoms. The summed E-state index contributed by atoms with van der Waals surface area (Å²) in [7, 11) is 0. The molecule has 1 saturated heterocycles. The van der Waals surface area contributed by atoms with Gasteiger partial charge in [-0.3, -0.25) is 9.79 Å². The van der Waals surface area contributed by atoms with Crippen molar-refractivity contribution in [1.29, 1.82) is 0 Å². The van der Waals surface area contributed by atoms with Gasteiger partial charge < -0.3 is 20.3 Å². The van der Waals surface area contributed by atoms with E-state index in [1.54, 1.807) is 0 Å². The summed E-state index contributed by atoms with van der Waals surface area (Å²) in [6.45, 7) is 9.74. The predicted molar refractivity (Wildman–Crippen MR) is 106 cm³/mol. The number of hydrogen-bond donors (Lipinski definition) is 2. The number of hydrogen-bond acceptors (Lipinski definition) is 3. The lowest BCUT2D eigenvalue weighted by Gasteiger charge is -2.18. The summed E-state index contributed by atoms with van der Waals surface area (Å²) in [5.41, 5.74) is 1.22. The second kappa shape index (κ2) is 10.7. The van der Waals surface area contributed by atoms with Gasteiger partial charge in [0.2, 0.25) is 5.91 Å². The fourth-order valence-electron chi connectivity index (χ4n) is 3.10. The van der Waals surface area contributed by atoms with Crippen molar-refractivity contribution in [2.24, 2.45) is 4.99 Å². The van der Waals surface area contributed by atoms with Gasteiger partial charge in [-0.15, -0.1) is 0 Å². The molecule has 1 unspecified atom stereocenters. The Morgan fingerprint density at radius 1 is 1.35 bits per heavy atom. The maximum absolute atomic E-state index is 11.8. The number of amides is 1. The number of nitrogens with zero attached hydrogens (tertiary/aromatic N) is 2. The third-order valence-corrected chi connectivity index (χ3v) is 4.41. The quantitative estimate of drug-likeness (QED) is 0.551. The molecule has 0 saturated carbocycles. The van der Waals surface area contributed by atoms with Crippen LogP contribution in [0.2, 0.25) is 0 Å². The van der Waals surface area contributed by atoms with Crippen molar-refractivity contribution in [1.82, 2.24) is 15.5 Å². The lowest BCUT2D eigenvalue weighted by atomic mass is 10.1. The first-order valence-corrected chi connectivity index (χ1v) is 9.70. The number of nitrogens with one attached hydrogen (secondary N) is 2. The molecule has 6 heteroatoms. The number of ether oxygens (including phenoxy) is 1. The van der Waals surface area contributed by atoms with E-state index < -0.39 is 0 Å². The summed E-state index contributed by atoms with van der Waals surface area (Å²) in [4.78, 5) is 18.4. The molecule has 6 nitrogen and oxygen atoms in total. The van der Waals surface area contributed by atoms with Gasteiger partial charge in [-0.1, -0.05) is 19.1 Å². The van der Waals surface area contributed by atoms with Gasteiger partial charge >= 0.3 is 0 Å². The number of carbonyl (C=O) groups excluding carboxylic acids is 1. The molecule has 2 N–H and O–H groups in total. The second-order valence-corrected chi connectivity index (χ2v) is 6.41. The van der Waals surface area contributed by atoms with Crippen molar-refractivity contribution in [2.45, 2.75) is 46.1 Å². The summed E-state index contributed by atoms with van der Waals surface area (Å²) >= 11 is 0. The summed E-state index contributed by atoms with van der Waals surface area (Å²) < 4.78 is 5.55. The molecule has 2 rings (SSSR count). The second-order valence-electron chi connectivity index (χ2n) is 6.41. The van der Waals surface area contributed by atoms with E-state index in [4.69, 9.17) is 4.74 Å². The van der Waals surface area contributed by atoms with E-state index >= 15 is 0 Å². The Morgan fingerprint density at radius 3 is 2.92 bits per heavy atom. The van der Waals surface area contributed by atoms with Crippen molar-refractivity contribution in [3.63, 3.8) is 0 Å². The maximum Gasteiger partial charge on any atom is 0.222 e. The van der Waals surface area contributed by atoms with Gasteiger partial charge in [0.15, 0.2) is 5.96 Å². The highest BCUT2D eigenvalue weighted by Gasteiger charge is 2.25. The zero-order chi connectivity index (χ0) is 18.8. The Bertz CT molecular complexity index is 603. The van der Waals surface area contributed by atoms with Crippen LogP contribution in [-0.2, 0) is 11.2 Å². The first-order valence-electron chi connectivity index (χ1n) is 9.70. The highest BCUT2D eigenvalue weighted by atomic mass is 16.5. The third-order valence-electron chi connectivity index (χ3n) is 4.41. The summed E-state index contributed by atoms with van der Waals surface area (Å²) in [6.07, 6.45) is 2.40. The third kappa shape index (κ3) is 6.24. The molecule has 26 heavy (non-hydrogen) atoms. The molecular weight excluding hydrogens is 328 g/mol. The summed E-state index contributed by atoms with van der Waals surface area (Å²) in [5.74, 6) is 1.96. The Kier molecular flexibility index (Phi) is 8.25. The highest BCUT2D eigenvalue weighted by Crippen LogP contribution is 2.14. The van der Waals surface area contributed by atoms with Gasteiger partial charge in [-0.25, -0.2) is 0 Å². The van der Waals surface area contributed by atoms with Crippen LogP contribution in [0.25, 0.3) is 0 Å². The lowest BCUT2D eigenvalue weighted by Crippen LogP contribution is -2.45. The van der Waals surface area contributed by atoms with Gasteiger partial charge in [-0.2, -0.15) is 0 Å². The fraction of sp³-hybridized carbons (Fsp3) is 0.600. The minimum Gasteiger partial charge on any atom is -0.494 e. The van der Waals surface area contributed by atoms with Gasteiger partial charge in [0, 0.05) is 38.6 Å². The van der Waals surface area contributed by atoms with Gasteiger partial charge in [-0.05, 0) is 44.4 Å². The van der Waals surface area contributed by atoms with Gasteiger partial charge in [0.1, 0.15) is 5.75 Å². The van der Waals surface area contributed by atoms with Crippen molar-refractivity contribution in [2.75, 3.05) is 32.8 Å². The molecule has 0 aromatic heterocycles. The van der Waals surface area contributed by atoms with Crippen LogP contribution in [0.1, 0.15) is 39.2 Å². The van der Waals surface area contributed by atoms with Crippen molar-refractivity contribution in [3.05, 3.63) is 29.8 Å². The smallest absolute Gasteiger partial charge is 0.222 e. The normalized spacial score (nSPS) is 17.3. The van der Waals surface area contributed by atoms with Gasteiger partial charge in [0.25, 0.3) is 0 Å². The highest BCUT2D eigenvalue weighted by molar-refractivity contribution is 5.80. The Balaban J connectivity index is 1.86. The number of benzene rings is 1. The monoisotopic (exact) mass is 360 g/mol. The van der Waals surface area contributed by atoms with Crippen molar-refractivity contribution in [3.8, 4) is 5.75 Å².